The van der Waals surface area contributed by atoms with Crippen molar-refractivity contribution in [3.63, 3.8) is 0 Å². The van der Waals surface area contributed by atoms with Crippen molar-refractivity contribution in [2.45, 2.75) is 0 Å². The van der Waals surface area contributed by atoms with Crippen LogP contribution in [0, 0.1) is 0 Å². The van der Waals surface area contributed by atoms with Crippen LogP contribution in [0.15, 0.2) is 205 Å². The van der Waals surface area contributed by atoms with Gasteiger partial charge in [-0.2, -0.15) is 9.97 Å². The minimum Gasteiger partial charge on any atom is -0.455 e. The Bertz CT molecular complexity index is 3750. The summed E-state index contributed by atoms with van der Waals surface area (Å²) >= 11 is 0. The SMILES string of the molecule is c1ccc(-c2ccc3c(c2)c2c4oc5cc(-n6c7ccccc7c7ccccc76)c6ccccc6c5c4ccc2n3-c2nc(-c3ccccc3)nc(-c3ccccc3)n2)cc1. The van der Waals surface area contributed by atoms with Gasteiger partial charge in [0.05, 0.1) is 33.1 Å². The number of fused-ring (bicyclic) bond motifs is 12. The summed E-state index contributed by atoms with van der Waals surface area (Å²) in [4.78, 5) is 15.4. The monoisotopic (exact) mass is 779 g/mol. The fraction of sp³-hybridized carbons (Fsp3) is 0. The quantitative estimate of drug-likeness (QED) is 0.175. The predicted octanol–water partition coefficient (Wildman–Crippen LogP) is 14.1. The number of nitrogens with zero attached hydrogens (tertiary/aromatic N) is 5. The highest BCUT2D eigenvalue weighted by Gasteiger charge is 2.24. The van der Waals surface area contributed by atoms with E-state index in [9.17, 15) is 0 Å². The van der Waals surface area contributed by atoms with Crippen molar-refractivity contribution in [3.8, 4) is 45.5 Å². The summed E-state index contributed by atoms with van der Waals surface area (Å²) in [5.74, 6) is 1.75. The highest BCUT2D eigenvalue weighted by Crippen LogP contribution is 2.45. The van der Waals surface area contributed by atoms with Gasteiger partial charge in [0.15, 0.2) is 11.6 Å². The largest absolute Gasteiger partial charge is 0.455 e. The van der Waals surface area contributed by atoms with E-state index in [0.717, 1.165) is 93.5 Å². The van der Waals surface area contributed by atoms with Gasteiger partial charge >= 0.3 is 0 Å². The van der Waals surface area contributed by atoms with Gasteiger partial charge in [0.25, 0.3) is 0 Å². The fourth-order valence-electron chi connectivity index (χ4n) is 9.47. The van der Waals surface area contributed by atoms with Crippen LogP contribution in [0.1, 0.15) is 0 Å². The van der Waals surface area contributed by atoms with Crippen LogP contribution in [0.25, 0.3) is 122 Å². The van der Waals surface area contributed by atoms with Crippen LogP contribution in [0.4, 0.5) is 0 Å². The average molecular weight is 780 g/mol. The van der Waals surface area contributed by atoms with Crippen LogP contribution in [-0.2, 0) is 0 Å². The van der Waals surface area contributed by atoms with Crippen molar-refractivity contribution in [1.82, 2.24) is 24.1 Å². The second-order valence-electron chi connectivity index (χ2n) is 15.6. The first-order valence-corrected chi connectivity index (χ1v) is 20.5. The zero-order chi connectivity index (χ0) is 40.0. The van der Waals surface area contributed by atoms with Gasteiger partial charge in [-0.3, -0.25) is 4.57 Å². The lowest BCUT2D eigenvalue weighted by atomic mass is 10.00. The van der Waals surface area contributed by atoms with Crippen LogP contribution in [0.3, 0.4) is 0 Å². The molecule has 0 spiro atoms. The standard InChI is InChI=1S/C55H33N5O/c1-4-16-34(17-5-1)37-28-30-46-43(32-37)51-47(60(46)55-57-53(35-18-6-2-7-19-35)56-54(58-55)36-20-8-3-9-21-36)31-29-42-50-41-25-11-10-24-40(41)48(33-49(50)61-52(42)51)59-44-26-14-12-22-38(44)39-23-13-15-27-45(39)59/h1-33H. The summed E-state index contributed by atoms with van der Waals surface area (Å²) in [5.41, 5.74) is 11.1. The Morgan fingerprint density at radius 2 is 0.852 bits per heavy atom. The van der Waals surface area contributed by atoms with E-state index >= 15 is 0 Å². The molecule has 0 fully saturated rings. The smallest absolute Gasteiger partial charge is 0.238 e. The lowest BCUT2D eigenvalue weighted by Crippen LogP contribution is -2.06. The lowest BCUT2D eigenvalue weighted by Gasteiger charge is -2.12. The summed E-state index contributed by atoms with van der Waals surface area (Å²) < 4.78 is 11.8. The van der Waals surface area contributed by atoms with Crippen molar-refractivity contribution in [1.29, 1.82) is 0 Å². The van der Waals surface area contributed by atoms with E-state index in [-0.39, 0.29) is 0 Å². The molecule has 9 aromatic carbocycles. The first kappa shape index (κ1) is 33.6. The van der Waals surface area contributed by atoms with Gasteiger partial charge in [-0.15, -0.1) is 0 Å². The van der Waals surface area contributed by atoms with Crippen molar-refractivity contribution in [3.05, 3.63) is 200 Å². The molecule has 0 amide bonds. The van der Waals surface area contributed by atoms with Crippen LogP contribution >= 0.6 is 0 Å². The molecule has 284 valence electrons. The molecule has 0 saturated heterocycles. The van der Waals surface area contributed by atoms with E-state index in [1.54, 1.807) is 0 Å². The molecule has 0 aliphatic heterocycles. The average Bonchev–Trinajstić information content (AvgIpc) is 3.99. The van der Waals surface area contributed by atoms with Gasteiger partial charge in [-0.1, -0.05) is 158 Å². The van der Waals surface area contributed by atoms with E-state index in [1.165, 1.54) is 10.8 Å². The molecule has 6 heteroatoms. The Morgan fingerprint density at radius 3 is 1.49 bits per heavy atom. The molecule has 6 nitrogen and oxygen atoms in total. The molecule has 0 N–H and O–H groups in total. The van der Waals surface area contributed by atoms with Gasteiger partial charge in [-0.25, -0.2) is 4.98 Å². The molecule has 4 aromatic heterocycles. The molecule has 13 rings (SSSR count). The summed E-state index contributed by atoms with van der Waals surface area (Å²) in [6.07, 6.45) is 0. The highest BCUT2D eigenvalue weighted by atomic mass is 16.3. The Hall–Kier alpha value is -8.35. The van der Waals surface area contributed by atoms with E-state index in [2.05, 4.69) is 149 Å². The number of furan rings is 1. The third-order valence-corrected chi connectivity index (χ3v) is 12.2. The first-order chi connectivity index (χ1) is 30.3. The summed E-state index contributed by atoms with van der Waals surface area (Å²) in [5, 5.41) is 8.95. The molecule has 13 aromatic rings. The van der Waals surface area contributed by atoms with Gasteiger partial charge < -0.3 is 8.98 Å². The van der Waals surface area contributed by atoms with Crippen LogP contribution in [-0.4, -0.2) is 24.1 Å². The number of aromatic nitrogens is 5. The van der Waals surface area contributed by atoms with Gasteiger partial charge in [0.1, 0.15) is 11.2 Å². The molecule has 0 aliphatic rings. The van der Waals surface area contributed by atoms with Crippen LogP contribution in [0.5, 0.6) is 0 Å². The minimum atomic E-state index is 0.537. The normalized spacial score (nSPS) is 11.9. The molecular formula is C55H33N5O. The Kier molecular flexibility index (Phi) is 7.21. The van der Waals surface area contributed by atoms with Crippen molar-refractivity contribution in [2.75, 3.05) is 0 Å². The minimum absolute atomic E-state index is 0.537. The third-order valence-electron chi connectivity index (χ3n) is 12.2. The summed E-state index contributed by atoms with van der Waals surface area (Å²) in [6.45, 7) is 0. The van der Waals surface area contributed by atoms with E-state index < -0.39 is 0 Å². The number of rotatable bonds is 5. The fourth-order valence-corrected chi connectivity index (χ4v) is 9.47. The molecule has 0 unspecified atom stereocenters. The van der Waals surface area contributed by atoms with Gasteiger partial charge in [0, 0.05) is 49.5 Å². The van der Waals surface area contributed by atoms with E-state index in [0.29, 0.717) is 17.6 Å². The molecule has 0 aliphatic carbocycles. The Morgan fingerprint density at radius 1 is 0.328 bits per heavy atom. The predicted molar refractivity (Wildman–Crippen MR) is 250 cm³/mol. The van der Waals surface area contributed by atoms with Crippen LogP contribution in [0.2, 0.25) is 0 Å². The Balaban J connectivity index is 1.14. The molecule has 61 heavy (non-hydrogen) atoms. The van der Waals surface area contributed by atoms with Gasteiger partial charge in [0.2, 0.25) is 5.95 Å². The molecule has 0 atom stereocenters. The first-order valence-electron chi connectivity index (χ1n) is 20.5. The maximum Gasteiger partial charge on any atom is 0.238 e. The van der Waals surface area contributed by atoms with Crippen molar-refractivity contribution in [2.24, 2.45) is 0 Å². The van der Waals surface area contributed by atoms with E-state index in [4.69, 9.17) is 19.4 Å². The lowest BCUT2D eigenvalue weighted by molar-refractivity contribution is 0.673. The second-order valence-corrected chi connectivity index (χ2v) is 15.6. The Labute approximate surface area is 349 Å². The van der Waals surface area contributed by atoms with Crippen molar-refractivity contribution < 1.29 is 4.42 Å². The van der Waals surface area contributed by atoms with E-state index in [1.807, 2.05) is 60.7 Å². The zero-order valence-electron chi connectivity index (χ0n) is 32.7. The topological polar surface area (TPSA) is 61.7 Å². The molecule has 0 radical (unpaired) electrons. The molecule has 0 saturated carbocycles. The number of hydrogen-bond donors (Lipinski definition) is 0. The zero-order valence-corrected chi connectivity index (χ0v) is 32.7. The maximum absolute atomic E-state index is 7.25. The summed E-state index contributed by atoms with van der Waals surface area (Å²) in [6, 6.07) is 70.1. The van der Waals surface area contributed by atoms with Crippen molar-refractivity contribution >= 4 is 76.3 Å². The summed E-state index contributed by atoms with van der Waals surface area (Å²) in [7, 11) is 0. The highest BCUT2D eigenvalue weighted by molar-refractivity contribution is 6.29. The molecule has 0 bridgehead atoms. The third kappa shape index (κ3) is 5.06. The second kappa shape index (κ2) is 13.1. The maximum atomic E-state index is 7.25. The number of hydrogen-bond acceptors (Lipinski definition) is 4. The molecular weight excluding hydrogens is 747 g/mol. The van der Waals surface area contributed by atoms with Gasteiger partial charge in [-0.05, 0) is 52.9 Å². The molecule has 4 heterocycles. The van der Waals surface area contributed by atoms with Crippen LogP contribution < -0.4 is 0 Å². The number of para-hydroxylation sites is 2. The number of benzene rings is 9.